The topological polar surface area (TPSA) is 53.7 Å². The molecule has 1 heterocycles. The number of aromatic carboxylic acids is 1. The largest absolute Gasteiger partial charge is 0.478 e. The zero-order valence-electron chi connectivity index (χ0n) is 7.78. The number of carboxylic acid groups (broad SMARTS) is 1. The monoisotopic (exact) mass is 183 g/mol. The Morgan fingerprint density at radius 3 is 2.92 bits per heavy atom. The lowest BCUT2D eigenvalue weighted by Gasteiger charge is -2.11. The van der Waals surface area contributed by atoms with Crippen LogP contribution in [-0.2, 0) is 6.54 Å². The van der Waals surface area contributed by atoms with Crippen molar-refractivity contribution in [1.82, 2.24) is 4.90 Å². The standard InChI is InChI=1S/C9H13NO3/c1-3-10(2)6-8-7(9(11)12)4-5-13-8/h4-5H,3,6H2,1-2H3,(H,11,12). The summed E-state index contributed by atoms with van der Waals surface area (Å²) >= 11 is 0. The molecule has 0 fully saturated rings. The maximum Gasteiger partial charge on any atom is 0.339 e. The molecule has 72 valence electrons. The molecule has 0 aromatic carbocycles. The van der Waals surface area contributed by atoms with Gasteiger partial charge in [0.25, 0.3) is 0 Å². The second-order valence-electron chi connectivity index (χ2n) is 2.89. The Balaban J connectivity index is 2.76. The van der Waals surface area contributed by atoms with E-state index in [-0.39, 0.29) is 5.56 Å². The summed E-state index contributed by atoms with van der Waals surface area (Å²) in [5, 5.41) is 8.76. The van der Waals surface area contributed by atoms with Gasteiger partial charge in [-0.1, -0.05) is 6.92 Å². The molecule has 0 aliphatic carbocycles. The molecule has 0 saturated heterocycles. The number of rotatable bonds is 4. The Morgan fingerprint density at radius 1 is 1.69 bits per heavy atom. The predicted octanol–water partition coefficient (Wildman–Crippen LogP) is 1.43. The maximum absolute atomic E-state index is 10.7. The SMILES string of the molecule is CCN(C)Cc1occc1C(=O)O. The third-order valence-corrected chi connectivity index (χ3v) is 1.93. The fraction of sp³-hybridized carbons (Fsp3) is 0.444. The van der Waals surface area contributed by atoms with Crippen LogP contribution in [0.4, 0.5) is 0 Å². The first-order valence-electron chi connectivity index (χ1n) is 4.13. The van der Waals surface area contributed by atoms with Crippen molar-refractivity contribution in [2.75, 3.05) is 13.6 Å². The van der Waals surface area contributed by atoms with Gasteiger partial charge in [-0.3, -0.25) is 4.90 Å². The molecule has 0 aliphatic heterocycles. The molecule has 0 amide bonds. The van der Waals surface area contributed by atoms with Crippen LogP contribution < -0.4 is 0 Å². The fourth-order valence-corrected chi connectivity index (χ4v) is 1.01. The van der Waals surface area contributed by atoms with Crippen LogP contribution in [0.3, 0.4) is 0 Å². The van der Waals surface area contributed by atoms with Gasteiger partial charge in [0, 0.05) is 0 Å². The first-order chi connectivity index (χ1) is 6.15. The van der Waals surface area contributed by atoms with Crippen LogP contribution >= 0.6 is 0 Å². The molecule has 1 aromatic rings. The summed E-state index contributed by atoms with van der Waals surface area (Å²) in [5.74, 6) is -0.426. The molecule has 0 saturated carbocycles. The van der Waals surface area contributed by atoms with Crippen molar-refractivity contribution in [1.29, 1.82) is 0 Å². The van der Waals surface area contributed by atoms with Crippen LogP contribution in [0.2, 0.25) is 0 Å². The van der Waals surface area contributed by atoms with Crippen LogP contribution in [0.15, 0.2) is 16.7 Å². The molecule has 1 N–H and O–H groups in total. The lowest BCUT2D eigenvalue weighted by atomic mass is 10.2. The summed E-state index contributed by atoms with van der Waals surface area (Å²) < 4.78 is 5.08. The van der Waals surface area contributed by atoms with Crippen molar-refractivity contribution >= 4 is 5.97 Å². The zero-order valence-corrected chi connectivity index (χ0v) is 7.78. The summed E-state index contributed by atoms with van der Waals surface area (Å²) in [6, 6.07) is 1.47. The highest BCUT2D eigenvalue weighted by atomic mass is 16.4. The minimum atomic E-state index is -0.937. The maximum atomic E-state index is 10.7. The molecule has 1 rings (SSSR count). The number of carbonyl (C=O) groups is 1. The molecule has 0 radical (unpaired) electrons. The van der Waals surface area contributed by atoms with E-state index >= 15 is 0 Å². The Bertz CT molecular complexity index is 293. The summed E-state index contributed by atoms with van der Waals surface area (Å²) in [7, 11) is 1.91. The van der Waals surface area contributed by atoms with Gasteiger partial charge in [0.1, 0.15) is 11.3 Å². The number of hydrogen-bond acceptors (Lipinski definition) is 3. The van der Waals surface area contributed by atoms with E-state index in [1.54, 1.807) is 0 Å². The van der Waals surface area contributed by atoms with Gasteiger partial charge in [0.2, 0.25) is 0 Å². The molecule has 0 unspecified atom stereocenters. The lowest BCUT2D eigenvalue weighted by Crippen LogP contribution is -2.17. The Morgan fingerprint density at radius 2 is 2.38 bits per heavy atom. The Hall–Kier alpha value is -1.29. The van der Waals surface area contributed by atoms with E-state index in [9.17, 15) is 4.79 Å². The Kier molecular flexibility index (Phi) is 3.08. The first-order valence-corrected chi connectivity index (χ1v) is 4.13. The molecular formula is C9H13NO3. The van der Waals surface area contributed by atoms with Crippen LogP contribution in [0.1, 0.15) is 23.0 Å². The van der Waals surface area contributed by atoms with E-state index in [4.69, 9.17) is 9.52 Å². The Labute approximate surface area is 76.8 Å². The van der Waals surface area contributed by atoms with Crippen LogP contribution in [0.5, 0.6) is 0 Å². The van der Waals surface area contributed by atoms with E-state index in [0.29, 0.717) is 12.3 Å². The highest BCUT2D eigenvalue weighted by Crippen LogP contribution is 2.12. The van der Waals surface area contributed by atoms with E-state index in [1.165, 1.54) is 12.3 Å². The van der Waals surface area contributed by atoms with Gasteiger partial charge >= 0.3 is 5.97 Å². The normalized spacial score (nSPS) is 10.7. The van der Waals surface area contributed by atoms with E-state index < -0.39 is 5.97 Å². The highest BCUT2D eigenvalue weighted by Gasteiger charge is 2.13. The van der Waals surface area contributed by atoms with Gasteiger partial charge in [-0.05, 0) is 19.7 Å². The van der Waals surface area contributed by atoms with Crippen LogP contribution in [0, 0.1) is 0 Å². The summed E-state index contributed by atoms with van der Waals surface area (Å²) in [5.41, 5.74) is 0.250. The quantitative estimate of drug-likeness (QED) is 0.767. The van der Waals surface area contributed by atoms with Crippen molar-refractivity contribution in [3.63, 3.8) is 0 Å². The van der Waals surface area contributed by atoms with Gasteiger partial charge in [-0.2, -0.15) is 0 Å². The van der Waals surface area contributed by atoms with Crippen molar-refractivity contribution in [2.45, 2.75) is 13.5 Å². The third-order valence-electron chi connectivity index (χ3n) is 1.93. The van der Waals surface area contributed by atoms with Gasteiger partial charge in [0.05, 0.1) is 12.8 Å². The molecule has 1 aromatic heterocycles. The second-order valence-corrected chi connectivity index (χ2v) is 2.89. The predicted molar refractivity (Wildman–Crippen MR) is 47.7 cm³/mol. The van der Waals surface area contributed by atoms with Gasteiger partial charge in [0.15, 0.2) is 0 Å². The average molecular weight is 183 g/mol. The number of hydrogen-bond donors (Lipinski definition) is 1. The number of furan rings is 1. The van der Waals surface area contributed by atoms with E-state index in [1.807, 2.05) is 18.9 Å². The lowest BCUT2D eigenvalue weighted by molar-refractivity contribution is 0.0693. The van der Waals surface area contributed by atoms with Gasteiger partial charge < -0.3 is 9.52 Å². The fourth-order valence-electron chi connectivity index (χ4n) is 1.01. The van der Waals surface area contributed by atoms with Crippen LogP contribution in [-0.4, -0.2) is 29.6 Å². The molecule has 0 bridgehead atoms. The molecular weight excluding hydrogens is 170 g/mol. The number of nitrogens with zero attached hydrogens (tertiary/aromatic N) is 1. The third kappa shape index (κ3) is 2.32. The van der Waals surface area contributed by atoms with Crippen molar-refractivity contribution in [3.8, 4) is 0 Å². The molecule has 4 nitrogen and oxygen atoms in total. The molecule has 0 aliphatic rings. The van der Waals surface area contributed by atoms with Crippen molar-refractivity contribution in [3.05, 3.63) is 23.7 Å². The molecule has 13 heavy (non-hydrogen) atoms. The molecule has 4 heteroatoms. The van der Waals surface area contributed by atoms with Gasteiger partial charge in [-0.25, -0.2) is 4.79 Å². The summed E-state index contributed by atoms with van der Waals surface area (Å²) in [4.78, 5) is 12.7. The first kappa shape index (κ1) is 9.80. The molecule has 0 spiro atoms. The van der Waals surface area contributed by atoms with E-state index in [0.717, 1.165) is 6.54 Å². The van der Waals surface area contributed by atoms with E-state index in [2.05, 4.69) is 0 Å². The van der Waals surface area contributed by atoms with Crippen molar-refractivity contribution in [2.24, 2.45) is 0 Å². The smallest absolute Gasteiger partial charge is 0.339 e. The zero-order chi connectivity index (χ0) is 9.84. The van der Waals surface area contributed by atoms with Crippen LogP contribution in [0.25, 0.3) is 0 Å². The highest BCUT2D eigenvalue weighted by molar-refractivity contribution is 5.88. The summed E-state index contributed by atoms with van der Waals surface area (Å²) in [6.45, 7) is 3.40. The molecule has 0 atom stereocenters. The summed E-state index contributed by atoms with van der Waals surface area (Å²) in [6.07, 6.45) is 1.41. The van der Waals surface area contributed by atoms with Crippen molar-refractivity contribution < 1.29 is 14.3 Å². The number of carboxylic acids is 1. The average Bonchev–Trinajstić information content (AvgIpc) is 2.52. The second kappa shape index (κ2) is 4.09. The minimum absolute atomic E-state index is 0.250. The minimum Gasteiger partial charge on any atom is -0.478 e. The van der Waals surface area contributed by atoms with Gasteiger partial charge in [-0.15, -0.1) is 0 Å².